The quantitative estimate of drug-likeness (QED) is 0.579. The number of hydrogen-bond donors (Lipinski definition) is 2. The van der Waals surface area contributed by atoms with Crippen LogP contribution < -0.4 is 0 Å². The lowest BCUT2D eigenvalue weighted by atomic mass is 9.59. The molecule has 0 heterocycles. The lowest BCUT2D eigenvalue weighted by Gasteiger charge is -2.46. The molecule has 0 radical (unpaired) electrons. The fraction of sp³-hybridized carbons (Fsp3) is 0.833. The van der Waals surface area contributed by atoms with Crippen molar-refractivity contribution in [2.45, 2.75) is 45.8 Å². The van der Waals surface area contributed by atoms with Gasteiger partial charge in [0.25, 0.3) is 0 Å². The van der Waals surface area contributed by atoms with Gasteiger partial charge in [-0.15, -0.1) is 0 Å². The second-order valence-electron chi connectivity index (χ2n) is 5.48. The molecule has 0 aromatic carbocycles. The van der Waals surface area contributed by atoms with Gasteiger partial charge in [0, 0.05) is 5.41 Å². The topological polar surface area (TPSA) is 40.5 Å². The molecule has 1 saturated carbocycles. The fourth-order valence-corrected chi connectivity index (χ4v) is 3.29. The van der Waals surface area contributed by atoms with Crippen LogP contribution >= 0.6 is 0 Å². The van der Waals surface area contributed by atoms with E-state index in [1.807, 2.05) is 12.2 Å². The third-order valence-corrected chi connectivity index (χ3v) is 4.89. The lowest BCUT2D eigenvalue weighted by Crippen LogP contribution is -2.44. The summed E-state index contributed by atoms with van der Waals surface area (Å²) in [7, 11) is 0. The summed E-state index contributed by atoms with van der Waals surface area (Å²) in [4.78, 5) is 0. The van der Waals surface area contributed by atoms with Crippen molar-refractivity contribution in [3.05, 3.63) is 12.2 Å². The molecule has 5 unspecified atom stereocenters. The van der Waals surface area contributed by atoms with Crippen molar-refractivity contribution < 1.29 is 10.2 Å². The SMILES string of the molecule is CC1CC(O)C2(C)C=CC(O)CC12C. The van der Waals surface area contributed by atoms with Gasteiger partial charge in [0.15, 0.2) is 0 Å². The molecular weight excluding hydrogens is 176 g/mol. The van der Waals surface area contributed by atoms with E-state index < -0.39 is 0 Å². The summed E-state index contributed by atoms with van der Waals surface area (Å²) in [5, 5.41) is 19.7. The maximum absolute atomic E-state index is 10.1. The molecule has 0 aromatic heterocycles. The van der Waals surface area contributed by atoms with Gasteiger partial charge in [-0.05, 0) is 24.2 Å². The minimum atomic E-state index is -0.333. The predicted octanol–water partition coefficient (Wildman–Crippen LogP) is 1.72. The molecule has 5 atom stereocenters. The van der Waals surface area contributed by atoms with Gasteiger partial charge in [-0.3, -0.25) is 0 Å². The van der Waals surface area contributed by atoms with E-state index in [1.165, 1.54) is 0 Å². The number of aliphatic hydroxyl groups is 2. The summed E-state index contributed by atoms with van der Waals surface area (Å²) in [5.41, 5.74) is -0.105. The smallest absolute Gasteiger partial charge is 0.0726 e. The van der Waals surface area contributed by atoms with Crippen molar-refractivity contribution in [2.24, 2.45) is 16.7 Å². The normalized spacial score (nSPS) is 57.4. The van der Waals surface area contributed by atoms with E-state index in [2.05, 4.69) is 20.8 Å². The summed E-state index contributed by atoms with van der Waals surface area (Å²) in [6, 6.07) is 0. The Morgan fingerprint density at radius 3 is 2.57 bits per heavy atom. The highest BCUT2D eigenvalue weighted by Crippen LogP contribution is 2.60. The van der Waals surface area contributed by atoms with Crippen molar-refractivity contribution in [1.82, 2.24) is 0 Å². The first-order valence-corrected chi connectivity index (χ1v) is 5.45. The molecule has 2 heteroatoms. The van der Waals surface area contributed by atoms with Crippen LogP contribution in [-0.4, -0.2) is 22.4 Å². The van der Waals surface area contributed by atoms with Crippen LogP contribution in [0.25, 0.3) is 0 Å². The number of rotatable bonds is 0. The van der Waals surface area contributed by atoms with Crippen molar-refractivity contribution in [2.75, 3.05) is 0 Å². The van der Waals surface area contributed by atoms with E-state index in [4.69, 9.17) is 0 Å². The van der Waals surface area contributed by atoms with Gasteiger partial charge in [-0.25, -0.2) is 0 Å². The Labute approximate surface area is 85.6 Å². The van der Waals surface area contributed by atoms with Crippen LogP contribution in [-0.2, 0) is 0 Å². The van der Waals surface area contributed by atoms with E-state index in [9.17, 15) is 10.2 Å². The maximum Gasteiger partial charge on any atom is 0.0726 e. The van der Waals surface area contributed by atoms with Crippen LogP contribution in [0.1, 0.15) is 33.6 Å². The molecule has 2 aliphatic rings. The van der Waals surface area contributed by atoms with Crippen LogP contribution in [0.3, 0.4) is 0 Å². The molecule has 1 fully saturated rings. The molecule has 0 aromatic rings. The van der Waals surface area contributed by atoms with E-state index >= 15 is 0 Å². The minimum absolute atomic E-state index is 0.0422. The highest BCUT2D eigenvalue weighted by Gasteiger charge is 2.58. The first-order valence-electron chi connectivity index (χ1n) is 5.45. The Morgan fingerprint density at radius 2 is 1.93 bits per heavy atom. The van der Waals surface area contributed by atoms with Crippen molar-refractivity contribution in [1.29, 1.82) is 0 Å². The average Bonchev–Trinajstić information content (AvgIpc) is 2.26. The van der Waals surface area contributed by atoms with E-state index in [-0.39, 0.29) is 23.0 Å². The third-order valence-electron chi connectivity index (χ3n) is 4.89. The molecule has 0 bridgehead atoms. The van der Waals surface area contributed by atoms with Crippen LogP contribution in [0.5, 0.6) is 0 Å². The van der Waals surface area contributed by atoms with Gasteiger partial charge in [0.1, 0.15) is 0 Å². The largest absolute Gasteiger partial charge is 0.392 e. The Kier molecular flexibility index (Phi) is 2.06. The molecular formula is C12H20O2. The zero-order valence-electron chi connectivity index (χ0n) is 9.20. The fourth-order valence-electron chi connectivity index (χ4n) is 3.29. The molecule has 0 saturated heterocycles. The van der Waals surface area contributed by atoms with Gasteiger partial charge in [-0.1, -0.05) is 32.9 Å². The molecule has 2 rings (SSSR count). The molecule has 80 valence electrons. The Balaban J connectivity index is 2.44. The Hall–Kier alpha value is -0.340. The summed E-state index contributed by atoms with van der Waals surface area (Å²) < 4.78 is 0. The van der Waals surface area contributed by atoms with Crippen LogP contribution in [0.2, 0.25) is 0 Å². The highest BCUT2D eigenvalue weighted by molar-refractivity contribution is 5.21. The van der Waals surface area contributed by atoms with Crippen LogP contribution in [0.15, 0.2) is 12.2 Å². The van der Waals surface area contributed by atoms with Crippen molar-refractivity contribution in [3.8, 4) is 0 Å². The lowest BCUT2D eigenvalue weighted by molar-refractivity contribution is -0.00983. The summed E-state index contributed by atoms with van der Waals surface area (Å²) in [5.74, 6) is 0.474. The number of aliphatic hydroxyl groups excluding tert-OH is 2. The highest BCUT2D eigenvalue weighted by atomic mass is 16.3. The van der Waals surface area contributed by atoms with E-state index in [0.29, 0.717) is 5.92 Å². The summed E-state index contributed by atoms with van der Waals surface area (Å²) in [6.07, 6.45) is 4.90. The van der Waals surface area contributed by atoms with Crippen LogP contribution in [0, 0.1) is 16.7 Å². The third kappa shape index (κ3) is 1.04. The van der Waals surface area contributed by atoms with Gasteiger partial charge in [-0.2, -0.15) is 0 Å². The summed E-state index contributed by atoms with van der Waals surface area (Å²) >= 11 is 0. The minimum Gasteiger partial charge on any atom is -0.392 e. The van der Waals surface area contributed by atoms with E-state index in [0.717, 1.165) is 12.8 Å². The van der Waals surface area contributed by atoms with Gasteiger partial charge < -0.3 is 10.2 Å². The van der Waals surface area contributed by atoms with Crippen molar-refractivity contribution in [3.63, 3.8) is 0 Å². The van der Waals surface area contributed by atoms with Gasteiger partial charge in [0.2, 0.25) is 0 Å². The zero-order valence-corrected chi connectivity index (χ0v) is 9.20. The van der Waals surface area contributed by atoms with Gasteiger partial charge >= 0.3 is 0 Å². The molecule has 0 aliphatic heterocycles. The first-order chi connectivity index (χ1) is 6.40. The zero-order chi connectivity index (χ0) is 10.6. The molecule has 2 nitrogen and oxygen atoms in total. The second kappa shape index (κ2) is 2.83. The van der Waals surface area contributed by atoms with Crippen LogP contribution in [0.4, 0.5) is 0 Å². The number of fused-ring (bicyclic) bond motifs is 1. The maximum atomic E-state index is 10.1. The molecule has 2 aliphatic carbocycles. The average molecular weight is 196 g/mol. The number of hydrogen-bond acceptors (Lipinski definition) is 2. The molecule has 0 amide bonds. The first kappa shape index (κ1) is 10.2. The van der Waals surface area contributed by atoms with Crippen molar-refractivity contribution >= 4 is 0 Å². The Bertz CT molecular complexity index is 273. The molecule has 0 spiro atoms. The van der Waals surface area contributed by atoms with Gasteiger partial charge in [0.05, 0.1) is 12.2 Å². The molecule has 14 heavy (non-hydrogen) atoms. The van der Waals surface area contributed by atoms with E-state index in [1.54, 1.807) is 0 Å². The predicted molar refractivity (Wildman–Crippen MR) is 55.8 cm³/mol. The monoisotopic (exact) mass is 196 g/mol. The standard InChI is InChI=1S/C12H20O2/c1-8-6-10(14)11(2)5-4-9(13)7-12(8,11)3/h4-5,8-10,13-14H,6-7H2,1-3H3. The second-order valence-corrected chi connectivity index (χ2v) is 5.48. The Morgan fingerprint density at radius 1 is 1.29 bits per heavy atom. The molecule has 2 N–H and O–H groups in total. The summed E-state index contributed by atoms with van der Waals surface area (Å²) in [6.45, 7) is 6.49.